The van der Waals surface area contributed by atoms with E-state index >= 15 is 0 Å². The van der Waals surface area contributed by atoms with Crippen LogP contribution in [0.1, 0.15) is 39.3 Å². The minimum absolute atomic E-state index is 0.0572. The fourth-order valence-corrected chi connectivity index (χ4v) is 2.50. The standard InChI is InChI=1S/C15H24N4S/c1-15(2,3)13-11-12-14(16-7-5-6-10-20-4)17-8-9-19(12)18-13/h8-9,11H,5-7,10H2,1-4H3,(H,16,17). The van der Waals surface area contributed by atoms with Gasteiger partial charge in [-0.2, -0.15) is 16.9 Å². The van der Waals surface area contributed by atoms with E-state index in [-0.39, 0.29) is 5.41 Å². The Hall–Kier alpha value is -1.23. The van der Waals surface area contributed by atoms with Gasteiger partial charge in [0, 0.05) is 24.4 Å². The van der Waals surface area contributed by atoms with Crippen molar-refractivity contribution in [3.05, 3.63) is 24.2 Å². The van der Waals surface area contributed by atoms with Crippen LogP contribution in [-0.2, 0) is 5.41 Å². The van der Waals surface area contributed by atoms with Gasteiger partial charge in [0.1, 0.15) is 5.52 Å². The van der Waals surface area contributed by atoms with Gasteiger partial charge in [-0.15, -0.1) is 0 Å². The van der Waals surface area contributed by atoms with Crippen LogP contribution in [0.25, 0.3) is 5.52 Å². The molecule has 0 bridgehead atoms. The highest BCUT2D eigenvalue weighted by Crippen LogP contribution is 2.24. The van der Waals surface area contributed by atoms with Gasteiger partial charge in [-0.05, 0) is 30.9 Å². The zero-order valence-corrected chi connectivity index (χ0v) is 13.6. The summed E-state index contributed by atoms with van der Waals surface area (Å²) in [4.78, 5) is 4.44. The molecule has 2 rings (SSSR count). The first kappa shape index (κ1) is 15.2. The average Bonchev–Trinajstić information content (AvgIpc) is 2.83. The van der Waals surface area contributed by atoms with E-state index in [9.17, 15) is 0 Å². The topological polar surface area (TPSA) is 42.2 Å². The maximum absolute atomic E-state index is 4.64. The first-order valence-corrected chi connectivity index (χ1v) is 8.49. The van der Waals surface area contributed by atoms with E-state index in [2.05, 4.69) is 48.5 Å². The molecule has 110 valence electrons. The number of hydrogen-bond donors (Lipinski definition) is 1. The van der Waals surface area contributed by atoms with E-state index in [1.54, 1.807) is 6.20 Å². The van der Waals surface area contributed by atoms with Gasteiger partial charge in [0.25, 0.3) is 0 Å². The molecule has 0 saturated heterocycles. The largest absolute Gasteiger partial charge is 0.368 e. The lowest BCUT2D eigenvalue weighted by molar-refractivity contribution is 0.562. The van der Waals surface area contributed by atoms with Crippen LogP contribution in [0.3, 0.4) is 0 Å². The molecule has 2 aromatic rings. The van der Waals surface area contributed by atoms with Gasteiger partial charge in [-0.3, -0.25) is 0 Å². The monoisotopic (exact) mass is 292 g/mol. The second-order valence-electron chi connectivity index (χ2n) is 6.01. The molecule has 0 saturated carbocycles. The molecule has 4 nitrogen and oxygen atoms in total. The lowest BCUT2D eigenvalue weighted by atomic mass is 9.92. The van der Waals surface area contributed by atoms with Crippen molar-refractivity contribution in [1.82, 2.24) is 14.6 Å². The highest BCUT2D eigenvalue weighted by atomic mass is 32.2. The van der Waals surface area contributed by atoms with Crippen LogP contribution in [0.15, 0.2) is 18.5 Å². The summed E-state index contributed by atoms with van der Waals surface area (Å²) in [5, 5.41) is 8.07. The van der Waals surface area contributed by atoms with E-state index in [0.717, 1.165) is 23.6 Å². The fourth-order valence-electron chi connectivity index (χ4n) is 2.00. The molecule has 0 unspecified atom stereocenters. The minimum Gasteiger partial charge on any atom is -0.368 e. The maximum Gasteiger partial charge on any atom is 0.152 e. The van der Waals surface area contributed by atoms with Crippen LogP contribution < -0.4 is 5.32 Å². The molecule has 0 radical (unpaired) electrons. The molecule has 5 heteroatoms. The molecule has 0 aromatic carbocycles. The van der Waals surface area contributed by atoms with Crippen LogP contribution in [0.5, 0.6) is 0 Å². The summed E-state index contributed by atoms with van der Waals surface area (Å²) in [6.45, 7) is 7.50. The molecule has 0 aliphatic rings. The van der Waals surface area contributed by atoms with Crippen LogP contribution in [-0.4, -0.2) is 33.2 Å². The van der Waals surface area contributed by atoms with Crippen molar-refractivity contribution in [2.24, 2.45) is 0 Å². The van der Waals surface area contributed by atoms with Crippen LogP contribution >= 0.6 is 11.8 Å². The van der Waals surface area contributed by atoms with E-state index in [1.807, 2.05) is 22.5 Å². The summed E-state index contributed by atoms with van der Waals surface area (Å²) in [5.74, 6) is 2.15. The first-order valence-electron chi connectivity index (χ1n) is 7.10. The fraction of sp³-hybridized carbons (Fsp3) is 0.600. The van der Waals surface area contributed by atoms with Gasteiger partial charge in [0.2, 0.25) is 0 Å². The van der Waals surface area contributed by atoms with Crippen LogP contribution in [0, 0.1) is 0 Å². The number of unbranched alkanes of at least 4 members (excludes halogenated alkanes) is 1. The summed E-state index contributed by atoms with van der Waals surface area (Å²) in [6.07, 6.45) is 8.27. The van der Waals surface area contributed by atoms with Crippen molar-refractivity contribution in [3.8, 4) is 0 Å². The molecule has 0 amide bonds. The molecule has 0 fully saturated rings. The summed E-state index contributed by atoms with van der Waals surface area (Å²) in [5.41, 5.74) is 2.21. The zero-order chi connectivity index (χ0) is 14.6. The molecule has 0 atom stereocenters. The normalized spacial score (nSPS) is 12.0. The van der Waals surface area contributed by atoms with Crippen LogP contribution in [0.2, 0.25) is 0 Å². The predicted molar refractivity (Wildman–Crippen MR) is 87.8 cm³/mol. The lowest BCUT2D eigenvalue weighted by Gasteiger charge is -2.13. The lowest BCUT2D eigenvalue weighted by Crippen LogP contribution is -2.11. The third kappa shape index (κ3) is 3.66. The Morgan fingerprint density at radius 1 is 1.30 bits per heavy atom. The highest BCUT2D eigenvalue weighted by molar-refractivity contribution is 7.98. The number of hydrogen-bond acceptors (Lipinski definition) is 4. The Balaban J connectivity index is 2.11. The molecule has 0 spiro atoms. The smallest absolute Gasteiger partial charge is 0.152 e. The highest BCUT2D eigenvalue weighted by Gasteiger charge is 2.18. The number of anilines is 1. The van der Waals surface area contributed by atoms with Crippen molar-refractivity contribution >= 4 is 23.1 Å². The molecule has 0 aliphatic carbocycles. The third-order valence-electron chi connectivity index (χ3n) is 3.23. The van der Waals surface area contributed by atoms with Crippen molar-refractivity contribution in [1.29, 1.82) is 0 Å². The number of rotatable bonds is 6. The quantitative estimate of drug-likeness (QED) is 0.826. The van der Waals surface area contributed by atoms with E-state index < -0.39 is 0 Å². The second-order valence-corrected chi connectivity index (χ2v) is 7.00. The third-order valence-corrected chi connectivity index (χ3v) is 3.92. The predicted octanol–water partition coefficient (Wildman–Crippen LogP) is 3.58. The Morgan fingerprint density at radius 3 is 2.80 bits per heavy atom. The molecule has 1 N–H and O–H groups in total. The van der Waals surface area contributed by atoms with Crippen LogP contribution in [0.4, 0.5) is 5.82 Å². The van der Waals surface area contributed by atoms with Gasteiger partial charge in [-0.25, -0.2) is 9.50 Å². The number of nitrogens with zero attached hydrogens (tertiary/aromatic N) is 3. The number of thioether (sulfide) groups is 1. The van der Waals surface area contributed by atoms with Crippen molar-refractivity contribution in [3.63, 3.8) is 0 Å². The zero-order valence-electron chi connectivity index (χ0n) is 12.8. The number of nitrogens with one attached hydrogen (secondary N) is 1. The van der Waals surface area contributed by atoms with Crippen molar-refractivity contribution in [2.45, 2.75) is 39.0 Å². The Bertz CT molecular complexity index is 556. The molecule has 20 heavy (non-hydrogen) atoms. The van der Waals surface area contributed by atoms with E-state index in [0.29, 0.717) is 0 Å². The Labute approximate surface area is 125 Å². The van der Waals surface area contributed by atoms with Gasteiger partial charge >= 0.3 is 0 Å². The average molecular weight is 292 g/mol. The first-order chi connectivity index (χ1) is 9.52. The molecular weight excluding hydrogens is 268 g/mol. The number of fused-ring (bicyclic) bond motifs is 1. The SMILES string of the molecule is CSCCCCNc1nccn2nc(C(C)(C)C)cc12. The maximum atomic E-state index is 4.64. The number of aromatic nitrogens is 3. The summed E-state index contributed by atoms with van der Waals surface area (Å²) in [6, 6.07) is 2.14. The van der Waals surface area contributed by atoms with Crippen molar-refractivity contribution < 1.29 is 0 Å². The summed E-state index contributed by atoms with van der Waals surface area (Å²) < 4.78 is 1.91. The summed E-state index contributed by atoms with van der Waals surface area (Å²) >= 11 is 1.90. The summed E-state index contributed by atoms with van der Waals surface area (Å²) in [7, 11) is 0. The van der Waals surface area contributed by atoms with Gasteiger partial charge in [-0.1, -0.05) is 20.8 Å². The van der Waals surface area contributed by atoms with Crippen molar-refractivity contribution in [2.75, 3.05) is 23.9 Å². The molecule has 0 aliphatic heterocycles. The Morgan fingerprint density at radius 2 is 2.10 bits per heavy atom. The van der Waals surface area contributed by atoms with Gasteiger partial charge < -0.3 is 5.32 Å². The molecular formula is C15H24N4S. The Kier molecular flexibility index (Phi) is 4.91. The molecule has 2 aromatic heterocycles. The molecule has 2 heterocycles. The minimum atomic E-state index is 0.0572. The second kappa shape index (κ2) is 6.48. The van der Waals surface area contributed by atoms with E-state index in [4.69, 9.17) is 0 Å². The van der Waals surface area contributed by atoms with Gasteiger partial charge in [0.15, 0.2) is 5.82 Å². The van der Waals surface area contributed by atoms with Gasteiger partial charge in [0.05, 0.1) is 5.69 Å². The van der Waals surface area contributed by atoms with E-state index in [1.165, 1.54) is 18.6 Å².